The van der Waals surface area contributed by atoms with E-state index in [1.807, 2.05) is 12.5 Å². The summed E-state index contributed by atoms with van der Waals surface area (Å²) in [7, 11) is 0. The Balaban J connectivity index is 1.55. The quantitative estimate of drug-likeness (QED) is 0.837. The fraction of sp³-hybridized carbons (Fsp3) is 0.400. The van der Waals surface area contributed by atoms with Gasteiger partial charge >= 0.3 is 0 Å². The van der Waals surface area contributed by atoms with Crippen LogP contribution in [0.2, 0.25) is 0 Å². The van der Waals surface area contributed by atoms with E-state index in [9.17, 15) is 0 Å². The first-order chi connectivity index (χ1) is 9.43. The molecule has 19 heavy (non-hydrogen) atoms. The van der Waals surface area contributed by atoms with Gasteiger partial charge in [-0.2, -0.15) is 0 Å². The van der Waals surface area contributed by atoms with Crippen molar-refractivity contribution in [3.8, 4) is 5.75 Å². The third kappa shape index (κ3) is 2.89. The number of hydrogen-bond acceptors (Lipinski definition) is 3. The highest BCUT2D eigenvalue weighted by Gasteiger charge is 2.12. The lowest BCUT2D eigenvalue weighted by Gasteiger charge is -2.21. The molecule has 1 aromatic carbocycles. The minimum Gasteiger partial charge on any atom is -0.493 e. The standard InChI is InChI=1S/C15H19N3O/c1-5-14-13(4-2-7-17-14)15(6-1)19-11-3-9-18-10-8-16-12-18/h1,5-6,8,10,12,17H,2-4,7,9,11H2. The molecule has 100 valence electrons. The smallest absolute Gasteiger partial charge is 0.124 e. The van der Waals surface area contributed by atoms with Gasteiger partial charge in [-0.05, 0) is 31.4 Å². The maximum Gasteiger partial charge on any atom is 0.124 e. The van der Waals surface area contributed by atoms with Crippen LogP contribution in [0, 0.1) is 0 Å². The highest BCUT2D eigenvalue weighted by Crippen LogP contribution is 2.30. The molecule has 4 heteroatoms. The number of rotatable bonds is 5. The summed E-state index contributed by atoms with van der Waals surface area (Å²) in [6.07, 6.45) is 8.92. The van der Waals surface area contributed by atoms with Crippen molar-refractivity contribution in [2.75, 3.05) is 18.5 Å². The summed E-state index contributed by atoms with van der Waals surface area (Å²) in [5.74, 6) is 1.04. The third-order valence-electron chi connectivity index (χ3n) is 3.43. The Bertz CT molecular complexity index is 522. The molecule has 0 bridgehead atoms. The van der Waals surface area contributed by atoms with Crippen molar-refractivity contribution in [2.24, 2.45) is 0 Å². The number of nitrogens with zero attached hydrogens (tertiary/aromatic N) is 2. The van der Waals surface area contributed by atoms with E-state index in [1.165, 1.54) is 17.7 Å². The summed E-state index contributed by atoms with van der Waals surface area (Å²) >= 11 is 0. The maximum atomic E-state index is 5.93. The second-order valence-electron chi connectivity index (χ2n) is 4.82. The average molecular weight is 257 g/mol. The largest absolute Gasteiger partial charge is 0.493 e. The number of ether oxygens (including phenoxy) is 1. The first-order valence-corrected chi connectivity index (χ1v) is 6.88. The number of benzene rings is 1. The van der Waals surface area contributed by atoms with Gasteiger partial charge in [0.25, 0.3) is 0 Å². The van der Waals surface area contributed by atoms with Gasteiger partial charge < -0.3 is 14.6 Å². The van der Waals surface area contributed by atoms with E-state index in [0.717, 1.165) is 38.3 Å². The monoisotopic (exact) mass is 257 g/mol. The van der Waals surface area contributed by atoms with Crippen molar-refractivity contribution in [1.29, 1.82) is 0 Å². The van der Waals surface area contributed by atoms with Crippen molar-refractivity contribution in [3.63, 3.8) is 0 Å². The molecule has 0 aliphatic carbocycles. The highest BCUT2D eigenvalue weighted by molar-refractivity contribution is 5.59. The molecule has 0 radical (unpaired) electrons. The zero-order valence-electron chi connectivity index (χ0n) is 11.0. The lowest BCUT2D eigenvalue weighted by atomic mass is 10.0. The number of imidazole rings is 1. The van der Waals surface area contributed by atoms with Crippen LogP contribution in [0.25, 0.3) is 0 Å². The van der Waals surface area contributed by atoms with Gasteiger partial charge in [0.15, 0.2) is 0 Å². The number of aromatic nitrogens is 2. The molecule has 4 nitrogen and oxygen atoms in total. The van der Waals surface area contributed by atoms with Crippen LogP contribution in [0.15, 0.2) is 36.9 Å². The second-order valence-corrected chi connectivity index (χ2v) is 4.82. The summed E-state index contributed by atoms with van der Waals surface area (Å²) in [5, 5.41) is 3.42. The highest BCUT2D eigenvalue weighted by atomic mass is 16.5. The molecule has 2 heterocycles. The number of fused-ring (bicyclic) bond motifs is 1. The lowest BCUT2D eigenvalue weighted by molar-refractivity contribution is 0.298. The second kappa shape index (κ2) is 5.78. The average Bonchev–Trinajstić information content (AvgIpc) is 2.97. The van der Waals surface area contributed by atoms with Gasteiger partial charge in [0.05, 0.1) is 12.9 Å². The van der Waals surface area contributed by atoms with E-state index in [-0.39, 0.29) is 0 Å². The van der Waals surface area contributed by atoms with Crippen LogP contribution in [-0.4, -0.2) is 22.7 Å². The van der Waals surface area contributed by atoms with E-state index in [2.05, 4.69) is 33.1 Å². The molecule has 1 aromatic heterocycles. The molecule has 0 amide bonds. The molecule has 0 fully saturated rings. The van der Waals surface area contributed by atoms with Crippen LogP contribution in [-0.2, 0) is 13.0 Å². The molecule has 0 saturated carbocycles. The first-order valence-electron chi connectivity index (χ1n) is 6.88. The van der Waals surface area contributed by atoms with Crippen LogP contribution in [0.4, 0.5) is 5.69 Å². The predicted molar refractivity (Wildman–Crippen MR) is 75.6 cm³/mol. The van der Waals surface area contributed by atoms with E-state index in [4.69, 9.17) is 4.74 Å². The summed E-state index contributed by atoms with van der Waals surface area (Å²) in [6, 6.07) is 6.26. The van der Waals surface area contributed by atoms with E-state index < -0.39 is 0 Å². The topological polar surface area (TPSA) is 39.1 Å². The summed E-state index contributed by atoms with van der Waals surface area (Å²) < 4.78 is 8.00. The number of anilines is 1. The minimum atomic E-state index is 0.745. The summed E-state index contributed by atoms with van der Waals surface area (Å²) in [4.78, 5) is 4.03. The molecule has 2 aromatic rings. The van der Waals surface area contributed by atoms with Crippen molar-refractivity contribution in [3.05, 3.63) is 42.5 Å². The van der Waals surface area contributed by atoms with Gasteiger partial charge in [0.1, 0.15) is 5.75 Å². The number of hydrogen-bond donors (Lipinski definition) is 1. The minimum absolute atomic E-state index is 0.745. The van der Waals surface area contributed by atoms with Crippen LogP contribution < -0.4 is 10.1 Å². The Morgan fingerprint density at radius 1 is 1.37 bits per heavy atom. The maximum absolute atomic E-state index is 5.93. The van der Waals surface area contributed by atoms with Crippen LogP contribution in [0.3, 0.4) is 0 Å². The van der Waals surface area contributed by atoms with Crippen molar-refractivity contribution in [1.82, 2.24) is 9.55 Å². The van der Waals surface area contributed by atoms with Gasteiger partial charge in [-0.1, -0.05) is 6.07 Å². The van der Waals surface area contributed by atoms with Crippen molar-refractivity contribution >= 4 is 5.69 Å². The molecular weight excluding hydrogens is 238 g/mol. The Hall–Kier alpha value is -1.97. The Kier molecular flexibility index (Phi) is 3.68. The molecule has 0 saturated heterocycles. The molecule has 0 unspecified atom stereocenters. The van der Waals surface area contributed by atoms with Crippen LogP contribution in [0.5, 0.6) is 5.75 Å². The van der Waals surface area contributed by atoms with Gasteiger partial charge in [-0.3, -0.25) is 0 Å². The third-order valence-corrected chi connectivity index (χ3v) is 3.43. The van der Waals surface area contributed by atoms with Gasteiger partial charge in [-0.25, -0.2) is 4.98 Å². The Labute approximate surface area is 113 Å². The summed E-state index contributed by atoms with van der Waals surface area (Å²) in [6.45, 7) is 2.76. The van der Waals surface area contributed by atoms with Gasteiger partial charge in [0, 0.05) is 36.7 Å². The van der Waals surface area contributed by atoms with E-state index in [0.29, 0.717) is 0 Å². The van der Waals surface area contributed by atoms with Crippen LogP contribution in [0.1, 0.15) is 18.4 Å². The fourth-order valence-corrected chi connectivity index (χ4v) is 2.46. The summed E-state index contributed by atoms with van der Waals surface area (Å²) in [5.41, 5.74) is 2.56. The zero-order valence-corrected chi connectivity index (χ0v) is 11.0. The number of aryl methyl sites for hydroxylation is 1. The van der Waals surface area contributed by atoms with Crippen molar-refractivity contribution < 1.29 is 4.74 Å². The fourth-order valence-electron chi connectivity index (χ4n) is 2.46. The van der Waals surface area contributed by atoms with Crippen molar-refractivity contribution in [2.45, 2.75) is 25.8 Å². The lowest BCUT2D eigenvalue weighted by Crippen LogP contribution is -2.13. The molecular formula is C15H19N3O. The molecule has 1 aliphatic rings. The van der Waals surface area contributed by atoms with Gasteiger partial charge in [0.2, 0.25) is 0 Å². The predicted octanol–water partition coefficient (Wildman–Crippen LogP) is 2.71. The normalized spacial score (nSPS) is 13.7. The number of nitrogens with one attached hydrogen (secondary N) is 1. The first kappa shape index (κ1) is 12.1. The SMILES string of the molecule is c1cc2c(c(OCCCn3ccnc3)c1)CCCN2. The Morgan fingerprint density at radius 3 is 3.26 bits per heavy atom. The Morgan fingerprint density at radius 2 is 2.37 bits per heavy atom. The zero-order chi connectivity index (χ0) is 12.9. The van der Waals surface area contributed by atoms with Gasteiger partial charge in [-0.15, -0.1) is 0 Å². The molecule has 3 rings (SSSR count). The van der Waals surface area contributed by atoms with Crippen LogP contribution >= 0.6 is 0 Å². The molecule has 1 aliphatic heterocycles. The molecule has 0 spiro atoms. The van der Waals surface area contributed by atoms with E-state index in [1.54, 1.807) is 6.20 Å². The van der Waals surface area contributed by atoms with E-state index >= 15 is 0 Å². The molecule has 1 N–H and O–H groups in total. The molecule has 0 atom stereocenters.